The average Bonchev–Trinajstić information content (AvgIpc) is 2.36. The zero-order chi connectivity index (χ0) is 6.97. The molecular weight excluding hydrogens is 126 g/mol. The van der Waals surface area contributed by atoms with Crippen molar-refractivity contribution in [2.45, 2.75) is 19.4 Å². The molecule has 2 heterocycles. The Hall–Kier alpha value is -0.0800. The molecule has 2 aliphatic heterocycles. The Morgan fingerprint density at radius 3 is 3.10 bits per heavy atom. The number of fused-ring (bicyclic) bond motifs is 1. The fourth-order valence-electron chi connectivity index (χ4n) is 2.15. The van der Waals surface area contributed by atoms with E-state index in [0.717, 1.165) is 18.4 Å². The summed E-state index contributed by atoms with van der Waals surface area (Å²) in [5, 5.41) is 3.41. The summed E-state index contributed by atoms with van der Waals surface area (Å²) >= 11 is 0. The highest BCUT2D eigenvalue weighted by Gasteiger charge is 2.34. The van der Waals surface area contributed by atoms with E-state index in [9.17, 15) is 0 Å². The number of rotatable bonds is 0. The van der Waals surface area contributed by atoms with Gasteiger partial charge in [-0.3, -0.25) is 0 Å². The van der Waals surface area contributed by atoms with E-state index in [1.807, 2.05) is 0 Å². The predicted octanol–water partition coefficient (Wildman–Crippen LogP) is 0.631. The van der Waals surface area contributed by atoms with E-state index in [4.69, 9.17) is 4.74 Å². The number of ether oxygens (including phenoxy) is 1. The Morgan fingerprint density at radius 2 is 2.30 bits per heavy atom. The Morgan fingerprint density at radius 1 is 1.40 bits per heavy atom. The van der Waals surface area contributed by atoms with Gasteiger partial charge in [0.25, 0.3) is 0 Å². The average molecular weight is 141 g/mol. The molecule has 0 radical (unpaired) electrons. The van der Waals surface area contributed by atoms with Crippen LogP contribution in [0.1, 0.15) is 13.3 Å². The zero-order valence-electron chi connectivity index (χ0n) is 6.47. The molecule has 0 aromatic heterocycles. The van der Waals surface area contributed by atoms with Gasteiger partial charge in [0.15, 0.2) is 0 Å². The summed E-state index contributed by atoms with van der Waals surface area (Å²) in [7, 11) is 0. The Kier molecular flexibility index (Phi) is 1.66. The van der Waals surface area contributed by atoms with Crippen molar-refractivity contribution in [1.82, 2.24) is 5.32 Å². The van der Waals surface area contributed by atoms with Crippen LogP contribution in [0, 0.1) is 11.8 Å². The molecule has 58 valence electrons. The van der Waals surface area contributed by atoms with E-state index < -0.39 is 0 Å². The molecule has 2 rings (SSSR count). The molecule has 0 spiro atoms. The monoisotopic (exact) mass is 141 g/mol. The SMILES string of the molecule is CC1OCCC2CNCC21. The Balaban J connectivity index is 2.03. The lowest BCUT2D eigenvalue weighted by Crippen LogP contribution is -2.33. The van der Waals surface area contributed by atoms with Gasteiger partial charge in [0.2, 0.25) is 0 Å². The van der Waals surface area contributed by atoms with Crippen molar-refractivity contribution in [2.75, 3.05) is 19.7 Å². The second kappa shape index (κ2) is 2.51. The van der Waals surface area contributed by atoms with E-state index in [0.29, 0.717) is 6.10 Å². The summed E-state index contributed by atoms with van der Waals surface area (Å²) in [5.74, 6) is 1.71. The van der Waals surface area contributed by atoms with Gasteiger partial charge in [-0.25, -0.2) is 0 Å². The third-order valence-corrected chi connectivity index (χ3v) is 2.86. The van der Waals surface area contributed by atoms with Crippen LogP contribution in [0.25, 0.3) is 0 Å². The van der Waals surface area contributed by atoms with Gasteiger partial charge in [-0.15, -0.1) is 0 Å². The van der Waals surface area contributed by atoms with Gasteiger partial charge in [0.1, 0.15) is 0 Å². The molecule has 0 aromatic carbocycles. The van der Waals surface area contributed by atoms with Crippen molar-refractivity contribution in [3.8, 4) is 0 Å². The normalized spacial score (nSPS) is 47.1. The van der Waals surface area contributed by atoms with Crippen molar-refractivity contribution in [3.63, 3.8) is 0 Å². The fourth-order valence-corrected chi connectivity index (χ4v) is 2.15. The maximum Gasteiger partial charge on any atom is 0.0590 e. The minimum Gasteiger partial charge on any atom is -0.378 e. The van der Waals surface area contributed by atoms with Gasteiger partial charge in [0.05, 0.1) is 6.10 Å². The molecule has 2 fully saturated rings. The van der Waals surface area contributed by atoms with Gasteiger partial charge in [-0.2, -0.15) is 0 Å². The van der Waals surface area contributed by atoms with Crippen LogP contribution in [0.2, 0.25) is 0 Å². The number of hydrogen-bond donors (Lipinski definition) is 1. The number of nitrogens with one attached hydrogen (secondary N) is 1. The molecule has 0 aromatic rings. The van der Waals surface area contributed by atoms with Crippen molar-refractivity contribution < 1.29 is 4.74 Å². The summed E-state index contributed by atoms with van der Waals surface area (Å²) in [6.07, 6.45) is 1.76. The molecule has 2 nitrogen and oxygen atoms in total. The van der Waals surface area contributed by atoms with Gasteiger partial charge < -0.3 is 10.1 Å². The van der Waals surface area contributed by atoms with E-state index in [1.165, 1.54) is 19.5 Å². The molecule has 3 atom stereocenters. The lowest BCUT2D eigenvalue weighted by atomic mass is 9.87. The summed E-state index contributed by atoms with van der Waals surface area (Å²) in [5.41, 5.74) is 0. The van der Waals surface area contributed by atoms with Crippen molar-refractivity contribution in [3.05, 3.63) is 0 Å². The predicted molar refractivity (Wildman–Crippen MR) is 39.9 cm³/mol. The number of hydrogen-bond acceptors (Lipinski definition) is 2. The van der Waals surface area contributed by atoms with Crippen LogP contribution in [0.15, 0.2) is 0 Å². The summed E-state index contributed by atoms with van der Waals surface area (Å²) in [4.78, 5) is 0. The quantitative estimate of drug-likeness (QED) is 0.534. The first-order valence-electron chi connectivity index (χ1n) is 4.20. The van der Waals surface area contributed by atoms with Crippen LogP contribution in [0.5, 0.6) is 0 Å². The minimum atomic E-state index is 0.494. The first-order valence-corrected chi connectivity index (χ1v) is 4.20. The minimum absolute atomic E-state index is 0.494. The van der Waals surface area contributed by atoms with Gasteiger partial charge in [-0.1, -0.05) is 0 Å². The highest BCUT2D eigenvalue weighted by atomic mass is 16.5. The van der Waals surface area contributed by atoms with E-state index >= 15 is 0 Å². The van der Waals surface area contributed by atoms with Gasteiger partial charge in [0, 0.05) is 19.1 Å². The standard InChI is InChI=1S/C8H15NO/c1-6-8-5-9-4-7(8)2-3-10-6/h6-9H,2-5H2,1H3. The summed E-state index contributed by atoms with van der Waals surface area (Å²) < 4.78 is 5.55. The van der Waals surface area contributed by atoms with E-state index in [2.05, 4.69) is 12.2 Å². The lowest BCUT2D eigenvalue weighted by Gasteiger charge is -2.30. The van der Waals surface area contributed by atoms with Crippen LogP contribution in [0.4, 0.5) is 0 Å². The summed E-state index contributed by atoms with van der Waals surface area (Å²) in [6.45, 7) is 5.57. The molecule has 0 saturated carbocycles. The molecule has 2 heteroatoms. The van der Waals surface area contributed by atoms with Crippen molar-refractivity contribution >= 4 is 0 Å². The molecule has 0 amide bonds. The van der Waals surface area contributed by atoms with Crippen LogP contribution in [-0.4, -0.2) is 25.8 Å². The van der Waals surface area contributed by atoms with Crippen LogP contribution < -0.4 is 5.32 Å². The van der Waals surface area contributed by atoms with Gasteiger partial charge >= 0.3 is 0 Å². The third kappa shape index (κ3) is 0.956. The topological polar surface area (TPSA) is 21.3 Å². The van der Waals surface area contributed by atoms with Gasteiger partial charge in [-0.05, 0) is 25.8 Å². The molecule has 0 aliphatic carbocycles. The molecule has 2 aliphatic rings. The highest BCUT2D eigenvalue weighted by Crippen LogP contribution is 2.29. The first-order chi connectivity index (χ1) is 4.88. The first kappa shape index (κ1) is 6.62. The Labute approximate surface area is 61.9 Å². The van der Waals surface area contributed by atoms with Crippen LogP contribution in [0.3, 0.4) is 0 Å². The molecule has 10 heavy (non-hydrogen) atoms. The Bertz CT molecular complexity index is 126. The largest absolute Gasteiger partial charge is 0.378 e. The third-order valence-electron chi connectivity index (χ3n) is 2.86. The second-order valence-corrected chi connectivity index (χ2v) is 3.45. The zero-order valence-corrected chi connectivity index (χ0v) is 6.47. The molecule has 1 N–H and O–H groups in total. The second-order valence-electron chi connectivity index (χ2n) is 3.45. The maximum absolute atomic E-state index is 5.55. The van der Waals surface area contributed by atoms with Crippen molar-refractivity contribution in [1.29, 1.82) is 0 Å². The van der Waals surface area contributed by atoms with E-state index in [1.54, 1.807) is 0 Å². The molecule has 2 saturated heterocycles. The van der Waals surface area contributed by atoms with Crippen molar-refractivity contribution in [2.24, 2.45) is 11.8 Å². The summed E-state index contributed by atoms with van der Waals surface area (Å²) in [6, 6.07) is 0. The molecule has 0 bridgehead atoms. The molecule has 3 unspecified atom stereocenters. The molecular formula is C8H15NO. The maximum atomic E-state index is 5.55. The van der Waals surface area contributed by atoms with Crippen LogP contribution >= 0.6 is 0 Å². The fraction of sp³-hybridized carbons (Fsp3) is 1.00. The highest BCUT2D eigenvalue weighted by molar-refractivity contribution is 4.87. The smallest absolute Gasteiger partial charge is 0.0590 e. The van der Waals surface area contributed by atoms with E-state index in [-0.39, 0.29) is 0 Å². The lowest BCUT2D eigenvalue weighted by molar-refractivity contribution is -0.0284. The van der Waals surface area contributed by atoms with Crippen LogP contribution in [-0.2, 0) is 4.74 Å².